The molecule has 21 heavy (non-hydrogen) atoms. The molecule has 0 spiro atoms. The van der Waals surface area contributed by atoms with Crippen LogP contribution in [0.4, 0.5) is 4.79 Å². The fourth-order valence-electron chi connectivity index (χ4n) is 2.03. The third-order valence-electron chi connectivity index (χ3n) is 3.11. The SMILES string of the molecule is O=C(NCCSCc1ccnc(Cl)c1)NC[C@@H]1CCCO1. The fraction of sp³-hybridized carbons (Fsp3) is 0.571. The minimum Gasteiger partial charge on any atom is -0.376 e. The molecule has 1 fully saturated rings. The molecule has 0 aliphatic carbocycles. The van der Waals surface area contributed by atoms with Crippen LogP contribution >= 0.6 is 23.4 Å². The third kappa shape index (κ3) is 6.54. The Labute approximate surface area is 134 Å². The van der Waals surface area contributed by atoms with E-state index in [0.717, 1.165) is 36.5 Å². The van der Waals surface area contributed by atoms with Crippen molar-refractivity contribution < 1.29 is 9.53 Å². The highest BCUT2D eigenvalue weighted by Gasteiger charge is 2.15. The first-order valence-corrected chi connectivity index (χ1v) is 8.59. The van der Waals surface area contributed by atoms with Crippen LogP contribution in [-0.2, 0) is 10.5 Å². The van der Waals surface area contributed by atoms with Crippen molar-refractivity contribution in [3.8, 4) is 0 Å². The van der Waals surface area contributed by atoms with Crippen molar-refractivity contribution in [2.45, 2.75) is 24.7 Å². The van der Waals surface area contributed by atoms with Gasteiger partial charge in [-0.15, -0.1) is 0 Å². The van der Waals surface area contributed by atoms with Crippen LogP contribution in [0, 0.1) is 0 Å². The lowest BCUT2D eigenvalue weighted by atomic mass is 10.2. The van der Waals surface area contributed by atoms with Crippen molar-refractivity contribution in [2.75, 3.05) is 25.4 Å². The maximum atomic E-state index is 11.6. The van der Waals surface area contributed by atoms with Crippen LogP contribution in [-0.4, -0.2) is 42.6 Å². The number of ether oxygens (including phenoxy) is 1. The molecule has 0 bridgehead atoms. The van der Waals surface area contributed by atoms with E-state index in [9.17, 15) is 4.79 Å². The highest BCUT2D eigenvalue weighted by atomic mass is 35.5. The summed E-state index contributed by atoms with van der Waals surface area (Å²) in [7, 11) is 0. The van der Waals surface area contributed by atoms with E-state index in [1.807, 2.05) is 12.1 Å². The van der Waals surface area contributed by atoms with Crippen LogP contribution in [0.5, 0.6) is 0 Å². The van der Waals surface area contributed by atoms with Gasteiger partial charge in [0, 0.05) is 37.4 Å². The van der Waals surface area contributed by atoms with Crippen molar-refractivity contribution in [1.29, 1.82) is 0 Å². The number of rotatable bonds is 7. The lowest BCUT2D eigenvalue weighted by Gasteiger charge is -2.11. The van der Waals surface area contributed by atoms with Crippen molar-refractivity contribution in [2.24, 2.45) is 0 Å². The van der Waals surface area contributed by atoms with Gasteiger partial charge in [0.05, 0.1) is 6.10 Å². The summed E-state index contributed by atoms with van der Waals surface area (Å²) in [5, 5.41) is 6.18. The number of thioether (sulfide) groups is 1. The van der Waals surface area contributed by atoms with Crippen molar-refractivity contribution in [3.63, 3.8) is 0 Å². The van der Waals surface area contributed by atoms with Gasteiger partial charge in [-0.1, -0.05) is 11.6 Å². The normalized spacial score (nSPS) is 17.7. The lowest BCUT2D eigenvalue weighted by molar-refractivity contribution is 0.111. The minimum atomic E-state index is -0.127. The Balaban J connectivity index is 1.50. The number of carbonyl (C=O) groups excluding carboxylic acids is 1. The van der Waals surface area contributed by atoms with E-state index < -0.39 is 0 Å². The van der Waals surface area contributed by atoms with E-state index in [4.69, 9.17) is 16.3 Å². The first-order chi connectivity index (χ1) is 10.2. The van der Waals surface area contributed by atoms with Gasteiger partial charge in [0.25, 0.3) is 0 Å². The highest BCUT2D eigenvalue weighted by molar-refractivity contribution is 7.98. The molecule has 1 aliphatic rings. The minimum absolute atomic E-state index is 0.127. The second kappa shape index (κ2) is 9.12. The van der Waals surface area contributed by atoms with E-state index >= 15 is 0 Å². The Hall–Kier alpha value is -0.980. The zero-order valence-corrected chi connectivity index (χ0v) is 13.4. The molecular formula is C14H20ClN3O2S. The lowest BCUT2D eigenvalue weighted by Crippen LogP contribution is -2.40. The smallest absolute Gasteiger partial charge is 0.314 e. The molecule has 0 unspecified atom stereocenters. The van der Waals surface area contributed by atoms with E-state index in [1.165, 1.54) is 0 Å². The number of hydrogen-bond acceptors (Lipinski definition) is 4. The zero-order valence-electron chi connectivity index (χ0n) is 11.8. The summed E-state index contributed by atoms with van der Waals surface area (Å²) in [6, 6.07) is 3.68. The summed E-state index contributed by atoms with van der Waals surface area (Å²) >= 11 is 7.57. The predicted octanol–water partition coefficient (Wildman–Crippen LogP) is 2.45. The molecule has 0 aromatic carbocycles. The number of urea groups is 1. The Morgan fingerprint density at radius 3 is 3.19 bits per heavy atom. The molecule has 2 N–H and O–H groups in total. The fourth-order valence-corrected chi connectivity index (χ4v) is 3.04. The van der Waals surface area contributed by atoms with E-state index in [1.54, 1.807) is 18.0 Å². The molecule has 2 heterocycles. The number of halogens is 1. The average Bonchev–Trinajstić information content (AvgIpc) is 2.98. The van der Waals surface area contributed by atoms with Gasteiger partial charge in [-0.3, -0.25) is 0 Å². The summed E-state index contributed by atoms with van der Waals surface area (Å²) in [6.45, 7) is 2.04. The van der Waals surface area contributed by atoms with Crippen LogP contribution in [0.1, 0.15) is 18.4 Å². The zero-order chi connectivity index (χ0) is 14.9. The number of aromatic nitrogens is 1. The summed E-state index contributed by atoms with van der Waals surface area (Å²) in [5.41, 5.74) is 1.14. The highest BCUT2D eigenvalue weighted by Crippen LogP contribution is 2.14. The largest absolute Gasteiger partial charge is 0.376 e. The standard InChI is InChI=1S/C14H20ClN3O2S/c15-13-8-11(3-4-16-13)10-21-7-5-17-14(19)18-9-12-2-1-6-20-12/h3-4,8,12H,1-2,5-7,9-10H2,(H2,17,18,19)/t12-/m0/s1. The molecule has 2 amide bonds. The van der Waals surface area contributed by atoms with E-state index in [-0.39, 0.29) is 12.1 Å². The molecule has 1 aromatic heterocycles. The second-order valence-corrected chi connectivity index (χ2v) is 6.30. The van der Waals surface area contributed by atoms with Gasteiger partial charge in [0.15, 0.2) is 0 Å². The molecule has 2 rings (SSSR count). The van der Waals surface area contributed by atoms with Gasteiger partial charge >= 0.3 is 6.03 Å². The summed E-state index contributed by atoms with van der Waals surface area (Å²) in [6.07, 6.45) is 4.00. The Bertz CT molecular complexity index is 456. The number of nitrogens with zero attached hydrogens (tertiary/aromatic N) is 1. The van der Waals surface area contributed by atoms with Crippen LogP contribution in [0.2, 0.25) is 5.15 Å². The first-order valence-electron chi connectivity index (χ1n) is 7.05. The molecule has 116 valence electrons. The van der Waals surface area contributed by atoms with Gasteiger partial charge in [0.1, 0.15) is 5.15 Å². The summed E-state index contributed by atoms with van der Waals surface area (Å²) in [5.74, 6) is 1.72. The Kier molecular flexibility index (Phi) is 7.12. The van der Waals surface area contributed by atoms with Crippen LogP contribution in [0.3, 0.4) is 0 Å². The maximum absolute atomic E-state index is 11.6. The Morgan fingerprint density at radius 2 is 2.43 bits per heavy atom. The maximum Gasteiger partial charge on any atom is 0.314 e. The van der Waals surface area contributed by atoms with Crippen LogP contribution < -0.4 is 10.6 Å². The number of amides is 2. The van der Waals surface area contributed by atoms with Gasteiger partial charge < -0.3 is 15.4 Å². The van der Waals surface area contributed by atoms with E-state index in [0.29, 0.717) is 18.2 Å². The van der Waals surface area contributed by atoms with Gasteiger partial charge in [-0.2, -0.15) is 11.8 Å². The molecule has 0 radical (unpaired) electrons. The van der Waals surface area contributed by atoms with Crippen LogP contribution in [0.25, 0.3) is 0 Å². The average molecular weight is 330 g/mol. The second-order valence-electron chi connectivity index (χ2n) is 4.81. The molecule has 1 saturated heterocycles. The number of nitrogens with one attached hydrogen (secondary N) is 2. The molecule has 0 saturated carbocycles. The number of hydrogen-bond donors (Lipinski definition) is 2. The topological polar surface area (TPSA) is 63.2 Å². The molecular weight excluding hydrogens is 310 g/mol. The summed E-state index contributed by atoms with van der Waals surface area (Å²) < 4.78 is 5.44. The van der Waals surface area contributed by atoms with Gasteiger partial charge in [0.2, 0.25) is 0 Å². The number of pyridine rings is 1. The number of carbonyl (C=O) groups is 1. The van der Waals surface area contributed by atoms with Crippen molar-refractivity contribution in [3.05, 3.63) is 29.0 Å². The molecule has 7 heteroatoms. The van der Waals surface area contributed by atoms with Crippen molar-refractivity contribution in [1.82, 2.24) is 15.6 Å². The van der Waals surface area contributed by atoms with Gasteiger partial charge in [-0.05, 0) is 30.5 Å². The third-order valence-corrected chi connectivity index (χ3v) is 4.34. The molecule has 1 aliphatic heterocycles. The quantitative estimate of drug-likeness (QED) is 0.596. The first kappa shape index (κ1) is 16.4. The Morgan fingerprint density at radius 1 is 1.52 bits per heavy atom. The molecule has 5 nitrogen and oxygen atoms in total. The van der Waals surface area contributed by atoms with Gasteiger partial charge in [-0.25, -0.2) is 9.78 Å². The molecule has 1 atom stereocenters. The summed E-state index contributed by atoms with van der Waals surface area (Å²) in [4.78, 5) is 15.5. The molecule has 1 aromatic rings. The monoisotopic (exact) mass is 329 g/mol. The van der Waals surface area contributed by atoms with Crippen LogP contribution in [0.15, 0.2) is 18.3 Å². The van der Waals surface area contributed by atoms with Crippen molar-refractivity contribution >= 4 is 29.4 Å². The van der Waals surface area contributed by atoms with E-state index in [2.05, 4.69) is 15.6 Å². The predicted molar refractivity (Wildman–Crippen MR) is 85.8 cm³/mol.